The molecule has 132 valence electrons. The molecule has 1 amide bonds. The van der Waals surface area contributed by atoms with Gasteiger partial charge in [-0.3, -0.25) is 4.79 Å². The van der Waals surface area contributed by atoms with E-state index >= 15 is 0 Å². The molecule has 2 aromatic heterocycles. The monoisotopic (exact) mass is 354 g/mol. The van der Waals surface area contributed by atoms with Crippen molar-refractivity contribution in [3.63, 3.8) is 0 Å². The van der Waals surface area contributed by atoms with Gasteiger partial charge in [-0.05, 0) is 25.8 Å². The smallest absolute Gasteiger partial charge is 0.252 e. The van der Waals surface area contributed by atoms with Gasteiger partial charge in [0.25, 0.3) is 5.78 Å². The lowest BCUT2D eigenvalue weighted by Gasteiger charge is -2.12. The normalized spacial score (nSPS) is 12.0. The molecular weight excluding hydrogens is 332 g/mol. The van der Waals surface area contributed by atoms with E-state index in [1.165, 1.54) is 20.4 Å². The number of amides is 1. The van der Waals surface area contributed by atoms with Gasteiger partial charge >= 0.3 is 0 Å². The Balaban J connectivity index is 1.93. The Bertz CT molecular complexity index is 844. The second-order valence-corrected chi connectivity index (χ2v) is 7.98. The minimum atomic E-state index is -3.30. The van der Waals surface area contributed by atoms with E-state index in [1.807, 2.05) is 13.8 Å². The third kappa shape index (κ3) is 4.06. The van der Waals surface area contributed by atoms with Gasteiger partial charge in [0.15, 0.2) is 0 Å². The van der Waals surface area contributed by atoms with Crippen molar-refractivity contribution in [2.45, 2.75) is 26.7 Å². The van der Waals surface area contributed by atoms with E-state index in [2.05, 4.69) is 20.4 Å². The quantitative estimate of drug-likeness (QED) is 0.730. The molecule has 2 rings (SSSR count). The molecule has 0 atom stereocenters. The van der Waals surface area contributed by atoms with Crippen LogP contribution in [0.3, 0.4) is 0 Å². The highest BCUT2D eigenvalue weighted by Crippen LogP contribution is 2.14. The molecule has 0 saturated carbocycles. The Hall–Kier alpha value is -2.07. The van der Waals surface area contributed by atoms with E-state index in [0.717, 1.165) is 21.3 Å². The Kier molecular flexibility index (Phi) is 5.50. The predicted molar refractivity (Wildman–Crippen MR) is 89.1 cm³/mol. The summed E-state index contributed by atoms with van der Waals surface area (Å²) in [4.78, 5) is 20.3. The second-order valence-electron chi connectivity index (χ2n) is 5.68. The van der Waals surface area contributed by atoms with Crippen LogP contribution in [0.1, 0.15) is 23.4 Å². The maximum Gasteiger partial charge on any atom is 0.252 e. The summed E-state index contributed by atoms with van der Waals surface area (Å²) in [7, 11) is -0.366. The Labute approximate surface area is 141 Å². The maximum absolute atomic E-state index is 11.9. The van der Waals surface area contributed by atoms with Crippen LogP contribution in [0.4, 0.5) is 0 Å². The lowest BCUT2D eigenvalue weighted by molar-refractivity contribution is -0.120. The molecule has 0 radical (unpaired) electrons. The number of sulfonamides is 1. The topological polar surface area (TPSA) is 110 Å². The molecule has 0 aliphatic rings. The van der Waals surface area contributed by atoms with Gasteiger partial charge in [-0.2, -0.15) is 10.1 Å². The molecule has 24 heavy (non-hydrogen) atoms. The third-order valence-corrected chi connectivity index (χ3v) is 5.66. The Morgan fingerprint density at radius 3 is 2.71 bits per heavy atom. The zero-order chi connectivity index (χ0) is 17.9. The molecule has 0 saturated heterocycles. The minimum absolute atomic E-state index is 0.0949. The molecule has 0 unspecified atom stereocenters. The summed E-state index contributed by atoms with van der Waals surface area (Å²) >= 11 is 0. The minimum Gasteiger partial charge on any atom is -0.355 e. The molecular formula is C14H22N6O3S. The summed E-state index contributed by atoms with van der Waals surface area (Å²) < 4.78 is 26.0. The van der Waals surface area contributed by atoms with Gasteiger partial charge < -0.3 is 5.32 Å². The summed E-state index contributed by atoms with van der Waals surface area (Å²) in [6.07, 6.45) is 2.20. The van der Waals surface area contributed by atoms with Gasteiger partial charge in [-0.25, -0.2) is 22.2 Å². The van der Waals surface area contributed by atoms with Crippen LogP contribution in [0, 0.1) is 13.8 Å². The zero-order valence-corrected chi connectivity index (χ0v) is 15.1. The lowest BCUT2D eigenvalue weighted by Crippen LogP contribution is -2.34. The van der Waals surface area contributed by atoms with E-state index in [4.69, 9.17) is 0 Å². The van der Waals surface area contributed by atoms with Crippen molar-refractivity contribution in [1.29, 1.82) is 0 Å². The number of carbonyl (C=O) groups is 1. The van der Waals surface area contributed by atoms with Crippen molar-refractivity contribution in [2.75, 3.05) is 26.4 Å². The lowest BCUT2D eigenvalue weighted by atomic mass is 10.1. The number of rotatable bonds is 7. The van der Waals surface area contributed by atoms with Crippen molar-refractivity contribution in [1.82, 2.24) is 29.2 Å². The highest BCUT2D eigenvalue weighted by Gasteiger charge is 2.15. The highest BCUT2D eigenvalue weighted by atomic mass is 32.2. The van der Waals surface area contributed by atoms with E-state index in [0.29, 0.717) is 12.2 Å². The fourth-order valence-corrected chi connectivity index (χ4v) is 3.07. The molecule has 0 aliphatic carbocycles. The first kappa shape index (κ1) is 18.3. The van der Waals surface area contributed by atoms with Crippen LogP contribution in [-0.4, -0.2) is 64.6 Å². The second kappa shape index (κ2) is 7.22. The van der Waals surface area contributed by atoms with Crippen molar-refractivity contribution in [3.05, 3.63) is 23.3 Å². The van der Waals surface area contributed by atoms with Crippen LogP contribution in [-0.2, 0) is 21.2 Å². The van der Waals surface area contributed by atoms with E-state index in [-0.39, 0.29) is 24.6 Å². The van der Waals surface area contributed by atoms with Crippen LogP contribution in [0.5, 0.6) is 0 Å². The standard InChI is InChI=1S/C14H22N6O3S/c1-10-12(11(2)20-14(18-10)16-9-17-20)5-6-13(21)15-7-8-24(22,23)19(3)4/h9H,5-8H2,1-4H3,(H,15,21). The van der Waals surface area contributed by atoms with Crippen LogP contribution < -0.4 is 5.32 Å². The molecule has 2 aromatic rings. The summed E-state index contributed by atoms with van der Waals surface area (Å²) in [5.74, 6) is 0.226. The van der Waals surface area contributed by atoms with Gasteiger partial charge in [0.1, 0.15) is 6.33 Å². The summed E-state index contributed by atoms with van der Waals surface area (Å²) in [5, 5.41) is 6.75. The fourth-order valence-electron chi connectivity index (χ4n) is 2.35. The van der Waals surface area contributed by atoms with Crippen molar-refractivity contribution in [2.24, 2.45) is 0 Å². The molecule has 0 aliphatic heterocycles. The third-order valence-electron chi connectivity index (χ3n) is 3.83. The van der Waals surface area contributed by atoms with Crippen molar-refractivity contribution in [3.8, 4) is 0 Å². The van der Waals surface area contributed by atoms with Crippen molar-refractivity contribution >= 4 is 21.7 Å². The number of carbonyl (C=O) groups excluding carboxylic acids is 1. The molecule has 0 fully saturated rings. The largest absolute Gasteiger partial charge is 0.355 e. The van der Waals surface area contributed by atoms with E-state index < -0.39 is 10.0 Å². The van der Waals surface area contributed by atoms with E-state index in [9.17, 15) is 13.2 Å². The number of nitrogens with one attached hydrogen (secondary N) is 1. The Morgan fingerprint density at radius 2 is 2.04 bits per heavy atom. The maximum atomic E-state index is 11.9. The van der Waals surface area contributed by atoms with Crippen LogP contribution in [0.25, 0.3) is 5.78 Å². The average Bonchev–Trinajstić information content (AvgIpc) is 2.95. The molecule has 10 heteroatoms. The number of hydrogen-bond donors (Lipinski definition) is 1. The molecule has 9 nitrogen and oxygen atoms in total. The Morgan fingerprint density at radius 1 is 1.33 bits per heavy atom. The predicted octanol–water partition coefficient (Wildman–Crippen LogP) is -0.319. The van der Waals surface area contributed by atoms with E-state index in [1.54, 1.807) is 4.52 Å². The van der Waals surface area contributed by atoms with Crippen LogP contribution in [0.2, 0.25) is 0 Å². The van der Waals surface area contributed by atoms with Gasteiger partial charge in [0.05, 0.1) is 5.75 Å². The molecule has 1 N–H and O–H groups in total. The number of aromatic nitrogens is 4. The molecule has 0 bridgehead atoms. The first-order valence-electron chi connectivity index (χ1n) is 7.55. The number of hydrogen-bond acceptors (Lipinski definition) is 6. The average molecular weight is 354 g/mol. The summed E-state index contributed by atoms with van der Waals surface area (Å²) in [5.41, 5.74) is 2.66. The van der Waals surface area contributed by atoms with Crippen LogP contribution >= 0.6 is 0 Å². The highest BCUT2D eigenvalue weighted by molar-refractivity contribution is 7.89. The number of nitrogens with zero attached hydrogens (tertiary/aromatic N) is 5. The first-order valence-corrected chi connectivity index (χ1v) is 9.16. The molecule has 0 spiro atoms. The summed E-state index contributed by atoms with van der Waals surface area (Å²) in [6, 6.07) is 0. The summed E-state index contributed by atoms with van der Waals surface area (Å²) in [6.45, 7) is 3.88. The zero-order valence-electron chi connectivity index (χ0n) is 14.3. The van der Waals surface area contributed by atoms with Crippen LogP contribution in [0.15, 0.2) is 6.33 Å². The molecule has 2 heterocycles. The van der Waals surface area contributed by atoms with Gasteiger partial charge in [0, 0.05) is 38.4 Å². The fraction of sp³-hybridized carbons (Fsp3) is 0.571. The van der Waals surface area contributed by atoms with Crippen molar-refractivity contribution < 1.29 is 13.2 Å². The molecule has 0 aromatic carbocycles. The van der Waals surface area contributed by atoms with Gasteiger partial charge in [-0.1, -0.05) is 0 Å². The SMILES string of the molecule is Cc1nc2ncnn2c(C)c1CCC(=O)NCCS(=O)(=O)N(C)C. The number of aryl methyl sites for hydroxylation is 2. The number of fused-ring (bicyclic) bond motifs is 1. The van der Waals surface area contributed by atoms with Gasteiger partial charge in [0.2, 0.25) is 15.9 Å². The van der Waals surface area contributed by atoms with Gasteiger partial charge in [-0.15, -0.1) is 0 Å². The first-order chi connectivity index (χ1) is 11.2.